The van der Waals surface area contributed by atoms with Gasteiger partial charge in [-0.2, -0.15) is 0 Å². The van der Waals surface area contributed by atoms with Gasteiger partial charge in [0, 0.05) is 31.6 Å². The molecule has 0 aliphatic carbocycles. The van der Waals surface area contributed by atoms with Gasteiger partial charge in [0.15, 0.2) is 0 Å². The number of carbonyl (C=O) groups is 2. The zero-order valence-electron chi connectivity index (χ0n) is 11.5. The van der Waals surface area contributed by atoms with Crippen molar-refractivity contribution >= 4 is 11.8 Å². The minimum Gasteiger partial charge on any atom is -0.382 e. The Hall–Kier alpha value is -1.95. The first kappa shape index (κ1) is 14.5. The van der Waals surface area contributed by atoms with E-state index in [-0.39, 0.29) is 12.3 Å². The van der Waals surface area contributed by atoms with Crippen molar-refractivity contribution in [3.8, 4) is 0 Å². The smallest absolute Gasteiger partial charge is 0.254 e. The third-order valence-electron chi connectivity index (χ3n) is 3.69. The highest BCUT2D eigenvalue weighted by Gasteiger charge is 2.45. The maximum Gasteiger partial charge on any atom is 0.254 e. The van der Waals surface area contributed by atoms with E-state index in [0.29, 0.717) is 18.7 Å². The first-order valence-corrected chi connectivity index (χ1v) is 6.58. The molecule has 1 unspecified atom stereocenters. The molecule has 2 heterocycles. The topological polar surface area (TPSA) is 85.5 Å². The van der Waals surface area contributed by atoms with Gasteiger partial charge in [0.2, 0.25) is 5.91 Å². The zero-order chi connectivity index (χ0) is 14.6. The zero-order valence-corrected chi connectivity index (χ0v) is 11.5. The second kappa shape index (κ2) is 6.00. The number of carbonyl (C=O) groups excluding carboxylic acids is 2. The van der Waals surface area contributed by atoms with Gasteiger partial charge in [-0.25, -0.2) is 0 Å². The van der Waals surface area contributed by atoms with Crippen molar-refractivity contribution in [2.45, 2.75) is 24.8 Å². The number of amides is 2. The van der Waals surface area contributed by atoms with Crippen LogP contribution in [0, 0.1) is 0 Å². The average Bonchev–Trinajstić information content (AvgIpc) is 2.82. The molecule has 1 aliphatic heterocycles. The van der Waals surface area contributed by atoms with E-state index >= 15 is 0 Å². The standard InChI is InChI=1S/C14H19N3O3/c1-20-10-14(9-12(15)18)5-2-8-17(14)13(19)11-3-6-16-7-4-11/h3-4,6-7H,2,5,8-10H2,1H3,(H2,15,18). The van der Waals surface area contributed by atoms with Gasteiger partial charge in [0.05, 0.1) is 18.6 Å². The molecule has 1 aromatic rings. The molecule has 0 spiro atoms. The molecule has 1 aliphatic rings. The van der Waals surface area contributed by atoms with Gasteiger partial charge in [-0.1, -0.05) is 0 Å². The van der Waals surface area contributed by atoms with Crippen LogP contribution in [0.15, 0.2) is 24.5 Å². The summed E-state index contributed by atoms with van der Waals surface area (Å²) in [5.41, 5.74) is 5.28. The number of hydrogen-bond acceptors (Lipinski definition) is 4. The van der Waals surface area contributed by atoms with Gasteiger partial charge >= 0.3 is 0 Å². The Labute approximate surface area is 117 Å². The van der Waals surface area contributed by atoms with Gasteiger partial charge in [0.25, 0.3) is 5.91 Å². The van der Waals surface area contributed by atoms with E-state index in [2.05, 4.69) is 4.98 Å². The molecule has 1 fully saturated rings. The summed E-state index contributed by atoms with van der Waals surface area (Å²) in [5.74, 6) is -0.528. The lowest BCUT2D eigenvalue weighted by atomic mass is 9.92. The van der Waals surface area contributed by atoms with Crippen molar-refractivity contribution in [1.82, 2.24) is 9.88 Å². The summed E-state index contributed by atoms with van der Waals surface area (Å²) in [5, 5.41) is 0. The minimum absolute atomic E-state index is 0.108. The van der Waals surface area contributed by atoms with Crippen LogP contribution in [0.2, 0.25) is 0 Å². The Bertz CT molecular complexity index is 492. The Balaban J connectivity index is 2.28. The normalized spacial score (nSPS) is 21.9. The molecular weight excluding hydrogens is 258 g/mol. The van der Waals surface area contributed by atoms with E-state index in [1.54, 1.807) is 36.5 Å². The lowest BCUT2D eigenvalue weighted by Gasteiger charge is -2.37. The lowest BCUT2D eigenvalue weighted by molar-refractivity contribution is -0.121. The van der Waals surface area contributed by atoms with Crippen LogP contribution in [0.1, 0.15) is 29.6 Å². The Morgan fingerprint density at radius 3 is 2.75 bits per heavy atom. The summed E-state index contributed by atoms with van der Waals surface area (Å²) in [6.45, 7) is 0.921. The van der Waals surface area contributed by atoms with Gasteiger partial charge < -0.3 is 15.4 Å². The fourth-order valence-electron chi connectivity index (χ4n) is 2.88. The number of rotatable bonds is 5. The Kier molecular flexibility index (Phi) is 4.34. The maximum atomic E-state index is 12.6. The monoisotopic (exact) mass is 277 g/mol. The number of pyridine rings is 1. The molecule has 0 saturated carbocycles. The quantitative estimate of drug-likeness (QED) is 0.853. The van der Waals surface area contributed by atoms with Crippen molar-refractivity contribution < 1.29 is 14.3 Å². The maximum absolute atomic E-state index is 12.6. The second-order valence-corrected chi connectivity index (χ2v) is 5.10. The van der Waals surface area contributed by atoms with Crippen molar-refractivity contribution in [3.05, 3.63) is 30.1 Å². The van der Waals surface area contributed by atoms with Crippen molar-refractivity contribution in [2.24, 2.45) is 5.73 Å². The SMILES string of the molecule is COCC1(CC(N)=O)CCCN1C(=O)c1ccncc1. The van der Waals surface area contributed by atoms with Crippen LogP contribution >= 0.6 is 0 Å². The number of likely N-dealkylation sites (tertiary alicyclic amines) is 1. The number of nitrogens with zero attached hydrogens (tertiary/aromatic N) is 2. The molecule has 1 aromatic heterocycles. The van der Waals surface area contributed by atoms with Crippen LogP contribution in [0.4, 0.5) is 0 Å². The molecule has 0 radical (unpaired) electrons. The third-order valence-corrected chi connectivity index (χ3v) is 3.69. The van der Waals surface area contributed by atoms with Crippen molar-refractivity contribution in [2.75, 3.05) is 20.3 Å². The van der Waals surface area contributed by atoms with Crippen LogP contribution in [0.5, 0.6) is 0 Å². The summed E-state index contributed by atoms with van der Waals surface area (Å²) in [4.78, 5) is 29.6. The van der Waals surface area contributed by atoms with Crippen LogP contribution in [-0.2, 0) is 9.53 Å². The average molecular weight is 277 g/mol. The highest BCUT2D eigenvalue weighted by atomic mass is 16.5. The van der Waals surface area contributed by atoms with E-state index in [1.165, 1.54) is 0 Å². The van der Waals surface area contributed by atoms with E-state index in [0.717, 1.165) is 12.8 Å². The molecule has 2 amide bonds. The van der Waals surface area contributed by atoms with E-state index in [4.69, 9.17) is 10.5 Å². The summed E-state index contributed by atoms with van der Waals surface area (Å²) >= 11 is 0. The fraction of sp³-hybridized carbons (Fsp3) is 0.500. The van der Waals surface area contributed by atoms with Gasteiger partial charge in [-0.3, -0.25) is 14.6 Å². The molecule has 6 heteroatoms. The molecule has 1 saturated heterocycles. The molecule has 1 atom stereocenters. The number of methoxy groups -OCH3 is 1. The van der Waals surface area contributed by atoms with Crippen molar-refractivity contribution in [3.63, 3.8) is 0 Å². The predicted octanol–water partition coefficient (Wildman–Crippen LogP) is 0.578. The van der Waals surface area contributed by atoms with Crippen LogP contribution in [-0.4, -0.2) is 47.5 Å². The molecule has 0 aromatic carbocycles. The van der Waals surface area contributed by atoms with Gasteiger partial charge in [-0.15, -0.1) is 0 Å². The highest BCUT2D eigenvalue weighted by Crippen LogP contribution is 2.34. The molecule has 108 valence electrons. The van der Waals surface area contributed by atoms with Gasteiger partial charge in [-0.05, 0) is 25.0 Å². The first-order valence-electron chi connectivity index (χ1n) is 6.58. The summed E-state index contributed by atoms with van der Waals surface area (Å²) in [7, 11) is 1.57. The Morgan fingerprint density at radius 2 is 2.15 bits per heavy atom. The number of ether oxygens (including phenoxy) is 1. The minimum atomic E-state index is -0.624. The molecule has 0 bridgehead atoms. The number of primary amides is 1. The summed E-state index contributed by atoms with van der Waals surface area (Å²) in [6.07, 6.45) is 4.84. The van der Waals surface area contributed by atoms with Crippen molar-refractivity contribution in [1.29, 1.82) is 0 Å². The van der Waals surface area contributed by atoms with Gasteiger partial charge in [0.1, 0.15) is 0 Å². The summed E-state index contributed by atoms with van der Waals surface area (Å²) in [6, 6.07) is 3.34. The highest BCUT2D eigenvalue weighted by molar-refractivity contribution is 5.95. The Morgan fingerprint density at radius 1 is 1.45 bits per heavy atom. The van der Waals surface area contributed by atoms with Crippen LogP contribution in [0.3, 0.4) is 0 Å². The first-order chi connectivity index (χ1) is 9.59. The number of nitrogens with two attached hydrogens (primary N) is 1. The molecule has 2 rings (SSSR count). The van der Waals surface area contributed by atoms with E-state index < -0.39 is 11.4 Å². The van der Waals surface area contributed by atoms with E-state index in [1.807, 2.05) is 0 Å². The number of hydrogen-bond donors (Lipinski definition) is 1. The van der Waals surface area contributed by atoms with Crippen LogP contribution < -0.4 is 5.73 Å². The molecule has 20 heavy (non-hydrogen) atoms. The second-order valence-electron chi connectivity index (χ2n) is 5.10. The fourth-order valence-corrected chi connectivity index (χ4v) is 2.88. The third kappa shape index (κ3) is 2.80. The van der Waals surface area contributed by atoms with Crippen LogP contribution in [0.25, 0.3) is 0 Å². The molecule has 2 N–H and O–H groups in total. The predicted molar refractivity (Wildman–Crippen MR) is 72.9 cm³/mol. The summed E-state index contributed by atoms with van der Waals surface area (Å²) < 4.78 is 5.23. The van der Waals surface area contributed by atoms with E-state index in [9.17, 15) is 9.59 Å². The number of aromatic nitrogens is 1. The molecule has 6 nitrogen and oxygen atoms in total. The largest absolute Gasteiger partial charge is 0.382 e. The molecular formula is C14H19N3O3. The lowest BCUT2D eigenvalue weighted by Crippen LogP contribution is -2.52.